The lowest BCUT2D eigenvalue weighted by molar-refractivity contribution is -0.408. The Morgan fingerprint density at radius 2 is 1.57 bits per heavy atom. The number of aromatic nitrogens is 1. The van der Waals surface area contributed by atoms with E-state index in [2.05, 4.69) is 10.3 Å². The average molecular weight is 340 g/mol. The molecule has 0 amide bonds. The summed E-state index contributed by atoms with van der Waals surface area (Å²) in [6.07, 6.45) is 0. The molecular weight excluding hydrogens is 334 g/mol. The van der Waals surface area contributed by atoms with Crippen LogP contribution in [0.4, 0.5) is 28.7 Å². The second-order valence-electron chi connectivity index (χ2n) is 4.10. The molecule has 1 aromatic heterocycles. The molecule has 23 heavy (non-hydrogen) atoms. The molecule has 0 aliphatic rings. The molecular formula is C11H6ClN5O6. The molecule has 1 heterocycles. The van der Waals surface area contributed by atoms with Gasteiger partial charge in [-0.25, -0.2) is 0 Å². The molecule has 0 spiro atoms. The molecule has 0 saturated heterocycles. The second-order valence-corrected chi connectivity index (χ2v) is 4.54. The maximum atomic E-state index is 11.1. The molecule has 118 valence electrons. The Kier molecular flexibility index (Phi) is 4.32. The van der Waals surface area contributed by atoms with Crippen molar-refractivity contribution in [1.29, 1.82) is 0 Å². The van der Waals surface area contributed by atoms with Crippen molar-refractivity contribution in [2.75, 3.05) is 5.32 Å². The van der Waals surface area contributed by atoms with Crippen LogP contribution in [0.5, 0.6) is 0 Å². The van der Waals surface area contributed by atoms with Gasteiger partial charge in [0.1, 0.15) is 6.07 Å². The number of anilines is 2. The summed E-state index contributed by atoms with van der Waals surface area (Å²) in [4.78, 5) is 33.0. The minimum Gasteiger partial charge on any atom is -0.358 e. The third kappa shape index (κ3) is 3.47. The third-order valence-electron chi connectivity index (χ3n) is 2.64. The lowest BCUT2D eigenvalue weighted by Crippen LogP contribution is -2.06. The minimum absolute atomic E-state index is 0.260. The van der Waals surface area contributed by atoms with Gasteiger partial charge >= 0.3 is 17.3 Å². The lowest BCUT2D eigenvalue weighted by Gasteiger charge is -2.07. The van der Waals surface area contributed by atoms with Crippen LogP contribution >= 0.6 is 11.6 Å². The largest absolute Gasteiger partial charge is 0.399 e. The summed E-state index contributed by atoms with van der Waals surface area (Å²) in [5, 5.41) is 35.7. The molecule has 2 aromatic rings. The highest BCUT2D eigenvalue weighted by molar-refractivity contribution is 6.30. The van der Waals surface area contributed by atoms with Gasteiger partial charge in [0.2, 0.25) is 5.69 Å². The smallest absolute Gasteiger partial charge is 0.358 e. The summed E-state index contributed by atoms with van der Waals surface area (Å²) in [5.74, 6) is -2.02. The number of rotatable bonds is 5. The van der Waals surface area contributed by atoms with Gasteiger partial charge in [0.05, 0.1) is 4.92 Å². The predicted molar refractivity (Wildman–Crippen MR) is 78.9 cm³/mol. The van der Waals surface area contributed by atoms with Crippen LogP contribution in [0.25, 0.3) is 0 Å². The first-order valence-corrected chi connectivity index (χ1v) is 6.18. The molecule has 2 rings (SSSR count). The minimum atomic E-state index is -1.05. The molecule has 0 radical (unpaired) electrons. The van der Waals surface area contributed by atoms with Crippen molar-refractivity contribution in [3.8, 4) is 0 Å². The highest BCUT2D eigenvalue weighted by Crippen LogP contribution is 2.37. The predicted octanol–water partition coefficient (Wildman–Crippen LogP) is 3.20. The standard InChI is InChI=1S/C11H6ClN5O6/c12-6-1-3-7(4-2-6)13-10-8(15(18)19)5-9(16(20)21)14-11(10)17(22)23/h1-5,13H. The molecule has 0 aliphatic carbocycles. The summed E-state index contributed by atoms with van der Waals surface area (Å²) >= 11 is 5.70. The number of pyridine rings is 1. The summed E-state index contributed by atoms with van der Waals surface area (Å²) in [6, 6.07) is 6.32. The van der Waals surface area contributed by atoms with Gasteiger partial charge in [0.25, 0.3) is 0 Å². The van der Waals surface area contributed by atoms with Crippen molar-refractivity contribution < 1.29 is 14.8 Å². The van der Waals surface area contributed by atoms with E-state index < -0.39 is 37.8 Å². The van der Waals surface area contributed by atoms with E-state index in [1.165, 1.54) is 24.3 Å². The van der Waals surface area contributed by atoms with Gasteiger partial charge in [-0.1, -0.05) is 11.6 Å². The monoisotopic (exact) mass is 339 g/mol. The third-order valence-corrected chi connectivity index (χ3v) is 2.89. The summed E-state index contributed by atoms with van der Waals surface area (Å²) in [7, 11) is 0. The van der Waals surface area contributed by atoms with Crippen LogP contribution in [-0.2, 0) is 0 Å². The topological polar surface area (TPSA) is 154 Å². The van der Waals surface area contributed by atoms with Gasteiger partial charge in [-0.05, 0) is 34.1 Å². The molecule has 0 unspecified atom stereocenters. The zero-order valence-electron chi connectivity index (χ0n) is 11.0. The van der Waals surface area contributed by atoms with Crippen molar-refractivity contribution in [1.82, 2.24) is 4.98 Å². The highest BCUT2D eigenvalue weighted by Gasteiger charge is 2.32. The first-order valence-electron chi connectivity index (χ1n) is 5.80. The summed E-state index contributed by atoms with van der Waals surface area (Å²) < 4.78 is 0. The van der Waals surface area contributed by atoms with Gasteiger partial charge in [0.15, 0.2) is 0 Å². The second kappa shape index (κ2) is 6.19. The van der Waals surface area contributed by atoms with Crippen LogP contribution in [-0.4, -0.2) is 19.8 Å². The van der Waals surface area contributed by atoms with Crippen LogP contribution in [0.15, 0.2) is 30.3 Å². The molecule has 0 fully saturated rings. The zero-order chi connectivity index (χ0) is 17.1. The van der Waals surface area contributed by atoms with Crippen molar-refractivity contribution in [2.45, 2.75) is 0 Å². The Morgan fingerprint density at radius 3 is 2.04 bits per heavy atom. The number of hydrogen-bond donors (Lipinski definition) is 1. The maximum absolute atomic E-state index is 11.1. The normalized spacial score (nSPS) is 10.1. The Hall–Kier alpha value is -3.34. The molecule has 11 nitrogen and oxygen atoms in total. The van der Waals surface area contributed by atoms with E-state index in [1.54, 1.807) is 0 Å². The van der Waals surface area contributed by atoms with Crippen molar-refractivity contribution in [2.24, 2.45) is 0 Å². The molecule has 1 N–H and O–H groups in total. The van der Waals surface area contributed by atoms with E-state index >= 15 is 0 Å². The number of nitrogens with one attached hydrogen (secondary N) is 1. The Labute approximate surface area is 132 Å². The van der Waals surface area contributed by atoms with E-state index in [-0.39, 0.29) is 5.69 Å². The fourth-order valence-electron chi connectivity index (χ4n) is 1.67. The maximum Gasteiger partial charge on any atom is 0.399 e. The molecule has 0 saturated carbocycles. The molecule has 0 atom stereocenters. The van der Waals surface area contributed by atoms with Crippen LogP contribution in [0.2, 0.25) is 5.02 Å². The van der Waals surface area contributed by atoms with Gasteiger partial charge in [-0.3, -0.25) is 10.1 Å². The van der Waals surface area contributed by atoms with E-state index in [0.717, 1.165) is 0 Å². The number of nitro groups is 3. The Bertz CT molecular complexity index is 774. The van der Waals surface area contributed by atoms with E-state index in [4.69, 9.17) is 11.6 Å². The molecule has 0 bridgehead atoms. The first-order chi connectivity index (χ1) is 10.8. The van der Waals surface area contributed by atoms with Gasteiger partial charge in [-0.2, -0.15) is 0 Å². The first kappa shape index (κ1) is 16.0. The molecule has 12 heteroatoms. The van der Waals surface area contributed by atoms with Crippen LogP contribution in [0, 0.1) is 30.3 Å². The Morgan fingerprint density at radius 1 is 0.957 bits per heavy atom. The summed E-state index contributed by atoms with van der Waals surface area (Å²) in [5.41, 5.74) is -1.14. The SMILES string of the molecule is O=[N+]([O-])c1cc([N+](=O)[O-])c(Nc2ccc(Cl)cc2)c([N+](=O)[O-])n1. The highest BCUT2D eigenvalue weighted by atomic mass is 35.5. The van der Waals surface area contributed by atoms with Crippen LogP contribution < -0.4 is 5.32 Å². The van der Waals surface area contributed by atoms with Crippen LogP contribution in [0.3, 0.4) is 0 Å². The van der Waals surface area contributed by atoms with E-state index in [0.29, 0.717) is 11.1 Å². The van der Waals surface area contributed by atoms with Crippen molar-refractivity contribution in [3.63, 3.8) is 0 Å². The molecule has 0 aliphatic heterocycles. The van der Waals surface area contributed by atoms with Crippen molar-refractivity contribution >= 4 is 40.3 Å². The van der Waals surface area contributed by atoms with Gasteiger partial charge in [-0.15, -0.1) is 0 Å². The number of hydrogen-bond acceptors (Lipinski definition) is 8. The Balaban J connectivity index is 2.63. The average Bonchev–Trinajstić information content (AvgIpc) is 2.48. The molecule has 1 aromatic carbocycles. The quantitative estimate of drug-likeness (QED) is 0.643. The number of benzene rings is 1. The van der Waals surface area contributed by atoms with Crippen LogP contribution in [0.1, 0.15) is 0 Å². The van der Waals surface area contributed by atoms with Gasteiger partial charge in [0, 0.05) is 15.7 Å². The fraction of sp³-hybridized carbons (Fsp3) is 0. The van der Waals surface area contributed by atoms with Gasteiger partial charge < -0.3 is 25.5 Å². The zero-order valence-corrected chi connectivity index (χ0v) is 11.8. The lowest BCUT2D eigenvalue weighted by atomic mass is 10.2. The number of nitrogens with zero attached hydrogens (tertiary/aromatic N) is 4. The summed E-state index contributed by atoms with van der Waals surface area (Å²) in [6.45, 7) is 0. The van der Waals surface area contributed by atoms with E-state index in [1.807, 2.05) is 0 Å². The van der Waals surface area contributed by atoms with Crippen molar-refractivity contribution in [3.05, 3.63) is 65.7 Å². The number of halogens is 1. The van der Waals surface area contributed by atoms with E-state index in [9.17, 15) is 30.3 Å². The fourth-order valence-corrected chi connectivity index (χ4v) is 1.80.